The minimum atomic E-state index is 0.201. The molecule has 0 fully saturated rings. The Labute approximate surface area is 118 Å². The molecule has 0 amide bonds. The number of anilines is 2. The summed E-state index contributed by atoms with van der Waals surface area (Å²) in [6.07, 6.45) is 2.85. The minimum absolute atomic E-state index is 0.201. The number of hydrogen-bond donors (Lipinski definition) is 3. The van der Waals surface area contributed by atoms with Crippen molar-refractivity contribution >= 4 is 11.9 Å². The fourth-order valence-corrected chi connectivity index (χ4v) is 1.59. The van der Waals surface area contributed by atoms with Gasteiger partial charge in [0.1, 0.15) is 12.7 Å². The van der Waals surface area contributed by atoms with Crippen LogP contribution in [0.3, 0.4) is 0 Å². The average Bonchev–Trinajstić information content (AvgIpc) is 3.16. The van der Waals surface area contributed by atoms with Crippen molar-refractivity contribution in [3.05, 3.63) is 30.2 Å². The maximum absolute atomic E-state index is 5.35. The van der Waals surface area contributed by atoms with E-state index in [-0.39, 0.29) is 11.9 Å². The average molecular weight is 288 g/mol. The maximum Gasteiger partial charge on any atom is 0.258 e. The lowest BCUT2D eigenvalue weighted by Crippen LogP contribution is -2.16. The van der Waals surface area contributed by atoms with Gasteiger partial charge in [0.25, 0.3) is 5.95 Å². The molecule has 0 aliphatic heterocycles. The number of aryl methyl sites for hydroxylation is 1. The van der Waals surface area contributed by atoms with Gasteiger partial charge in [0.15, 0.2) is 5.76 Å². The van der Waals surface area contributed by atoms with Gasteiger partial charge in [-0.2, -0.15) is 24.7 Å². The Morgan fingerprint density at radius 1 is 1.29 bits per heavy atom. The Hall–Kier alpha value is -3.08. The van der Waals surface area contributed by atoms with Crippen LogP contribution in [0.5, 0.6) is 0 Å². The zero-order valence-electron chi connectivity index (χ0n) is 11.1. The summed E-state index contributed by atoms with van der Waals surface area (Å²) in [5.41, 5.74) is 3.17. The van der Waals surface area contributed by atoms with Gasteiger partial charge in [-0.1, -0.05) is 5.16 Å². The van der Waals surface area contributed by atoms with Gasteiger partial charge in [0.05, 0.1) is 12.2 Å². The van der Waals surface area contributed by atoms with E-state index in [1.807, 2.05) is 13.0 Å². The fraction of sp³-hybridized carbons (Fsp3) is 0.200. The summed E-state index contributed by atoms with van der Waals surface area (Å²) < 4.78 is 6.49. The van der Waals surface area contributed by atoms with Gasteiger partial charge >= 0.3 is 0 Å². The number of nitrogens with one attached hydrogen (secondary N) is 2. The Balaban J connectivity index is 1.82. The van der Waals surface area contributed by atoms with E-state index in [1.165, 1.54) is 17.3 Å². The molecule has 3 rings (SSSR count). The maximum atomic E-state index is 5.35. The number of hydrazine groups is 1. The molecule has 0 aromatic carbocycles. The topological polar surface area (TPSA) is 145 Å². The van der Waals surface area contributed by atoms with Crippen molar-refractivity contribution in [2.45, 2.75) is 13.5 Å². The van der Waals surface area contributed by atoms with Crippen LogP contribution in [-0.4, -0.2) is 34.9 Å². The van der Waals surface area contributed by atoms with E-state index in [0.29, 0.717) is 18.3 Å². The monoisotopic (exact) mass is 288 g/mol. The van der Waals surface area contributed by atoms with Crippen LogP contribution < -0.4 is 16.6 Å². The smallest absolute Gasteiger partial charge is 0.258 e. The predicted molar refractivity (Wildman–Crippen MR) is 71.1 cm³/mol. The highest BCUT2D eigenvalue weighted by molar-refractivity contribution is 5.37. The second-order valence-corrected chi connectivity index (χ2v) is 4.06. The third-order valence-corrected chi connectivity index (χ3v) is 2.47. The number of nitrogens with zero attached hydrogens (tertiary/aromatic N) is 7. The van der Waals surface area contributed by atoms with Crippen LogP contribution in [0.1, 0.15) is 11.5 Å². The molecular formula is C10H12N10O. The van der Waals surface area contributed by atoms with Crippen molar-refractivity contribution < 1.29 is 4.52 Å². The van der Waals surface area contributed by atoms with E-state index >= 15 is 0 Å². The van der Waals surface area contributed by atoms with Gasteiger partial charge in [0.2, 0.25) is 11.9 Å². The number of nitrogens with two attached hydrogens (primary N) is 1. The molecule has 0 aliphatic carbocycles. The first-order chi connectivity index (χ1) is 10.2. The second kappa shape index (κ2) is 5.50. The summed E-state index contributed by atoms with van der Waals surface area (Å²) in [5.74, 6) is 6.81. The Bertz CT molecular complexity index is 721. The van der Waals surface area contributed by atoms with Crippen LogP contribution in [0.2, 0.25) is 0 Å². The first-order valence-corrected chi connectivity index (χ1v) is 5.98. The number of nitrogen functional groups attached to an aromatic ring is 1. The highest BCUT2D eigenvalue weighted by Gasteiger charge is 2.09. The van der Waals surface area contributed by atoms with E-state index in [1.54, 1.807) is 0 Å². The molecule has 0 aliphatic rings. The number of aromatic nitrogens is 7. The molecule has 11 heteroatoms. The van der Waals surface area contributed by atoms with E-state index in [2.05, 4.69) is 40.9 Å². The highest BCUT2D eigenvalue weighted by atomic mass is 16.5. The molecule has 3 heterocycles. The van der Waals surface area contributed by atoms with Crippen molar-refractivity contribution in [2.24, 2.45) is 5.84 Å². The molecule has 0 spiro atoms. The highest BCUT2D eigenvalue weighted by Crippen LogP contribution is 2.09. The molecule has 3 aromatic heterocycles. The van der Waals surface area contributed by atoms with Gasteiger partial charge in [-0.25, -0.2) is 10.8 Å². The standard InChI is InChI=1S/C10H12N10O/c1-6-2-7(21-19-6)3-13-8-15-9(18-11)17-10(16-8)20-5-12-4-14-20/h2,4-5H,3,11H2,1H3,(H2,13,15,16,17,18). The third-order valence-electron chi connectivity index (χ3n) is 2.47. The Morgan fingerprint density at radius 2 is 2.14 bits per heavy atom. The van der Waals surface area contributed by atoms with Crippen molar-refractivity contribution in [2.75, 3.05) is 10.7 Å². The van der Waals surface area contributed by atoms with E-state index in [4.69, 9.17) is 10.4 Å². The number of rotatable bonds is 5. The predicted octanol–water partition coefficient (Wildman–Crippen LogP) is -0.354. The van der Waals surface area contributed by atoms with Gasteiger partial charge in [-0.05, 0) is 6.92 Å². The largest absolute Gasteiger partial charge is 0.359 e. The molecule has 0 saturated heterocycles. The summed E-state index contributed by atoms with van der Waals surface area (Å²) in [4.78, 5) is 16.2. The van der Waals surface area contributed by atoms with Crippen LogP contribution in [0.4, 0.5) is 11.9 Å². The Kier molecular flexibility index (Phi) is 3.39. The summed E-state index contributed by atoms with van der Waals surface area (Å²) in [6.45, 7) is 2.22. The molecule has 0 unspecified atom stereocenters. The normalized spacial score (nSPS) is 10.6. The minimum Gasteiger partial charge on any atom is -0.359 e. The zero-order chi connectivity index (χ0) is 14.7. The fourth-order valence-electron chi connectivity index (χ4n) is 1.59. The van der Waals surface area contributed by atoms with Gasteiger partial charge in [-0.3, -0.25) is 5.43 Å². The van der Waals surface area contributed by atoms with Crippen LogP contribution in [0, 0.1) is 6.92 Å². The first kappa shape index (κ1) is 12.9. The molecule has 3 aromatic rings. The second-order valence-electron chi connectivity index (χ2n) is 4.06. The summed E-state index contributed by atoms with van der Waals surface area (Å²) in [5, 5.41) is 10.7. The molecule has 0 saturated carbocycles. The molecule has 0 radical (unpaired) electrons. The van der Waals surface area contributed by atoms with Crippen molar-refractivity contribution in [3.8, 4) is 5.95 Å². The van der Waals surface area contributed by atoms with Gasteiger partial charge in [-0.15, -0.1) is 0 Å². The Morgan fingerprint density at radius 3 is 2.81 bits per heavy atom. The van der Waals surface area contributed by atoms with Crippen molar-refractivity contribution in [1.82, 2.24) is 34.9 Å². The summed E-state index contributed by atoms with van der Waals surface area (Å²) >= 11 is 0. The molecule has 4 N–H and O–H groups in total. The van der Waals surface area contributed by atoms with Crippen molar-refractivity contribution in [1.29, 1.82) is 0 Å². The number of hydrogen-bond acceptors (Lipinski definition) is 10. The van der Waals surface area contributed by atoms with Crippen LogP contribution >= 0.6 is 0 Å². The molecule has 108 valence electrons. The van der Waals surface area contributed by atoms with Crippen molar-refractivity contribution in [3.63, 3.8) is 0 Å². The van der Waals surface area contributed by atoms with Gasteiger partial charge in [0, 0.05) is 6.07 Å². The summed E-state index contributed by atoms with van der Waals surface area (Å²) in [6, 6.07) is 1.81. The molecule has 21 heavy (non-hydrogen) atoms. The molecule has 11 nitrogen and oxygen atoms in total. The molecule has 0 atom stereocenters. The first-order valence-electron chi connectivity index (χ1n) is 5.98. The van der Waals surface area contributed by atoms with Gasteiger partial charge < -0.3 is 9.84 Å². The van der Waals surface area contributed by atoms with E-state index in [0.717, 1.165) is 5.69 Å². The molecular weight excluding hydrogens is 276 g/mol. The lowest BCUT2D eigenvalue weighted by Gasteiger charge is -2.06. The third kappa shape index (κ3) is 2.92. The van der Waals surface area contributed by atoms with E-state index in [9.17, 15) is 0 Å². The van der Waals surface area contributed by atoms with E-state index < -0.39 is 0 Å². The van der Waals surface area contributed by atoms with Crippen LogP contribution in [0.15, 0.2) is 23.2 Å². The lowest BCUT2D eigenvalue weighted by molar-refractivity contribution is 0.384. The zero-order valence-corrected chi connectivity index (χ0v) is 11.1. The lowest BCUT2D eigenvalue weighted by atomic mass is 10.4. The quantitative estimate of drug-likeness (QED) is 0.420. The SMILES string of the molecule is Cc1cc(CNc2nc(NN)nc(-n3cncn3)n2)on1. The summed E-state index contributed by atoms with van der Waals surface area (Å²) in [7, 11) is 0. The molecule has 0 bridgehead atoms. The van der Waals surface area contributed by atoms with Crippen LogP contribution in [0.25, 0.3) is 5.95 Å². The van der Waals surface area contributed by atoms with Crippen LogP contribution in [-0.2, 0) is 6.54 Å².